The van der Waals surface area contributed by atoms with Crippen LogP contribution in [0.25, 0.3) is 0 Å². The highest BCUT2D eigenvalue weighted by atomic mass is 35.5. The average molecular weight is 342 g/mol. The van der Waals surface area contributed by atoms with Crippen molar-refractivity contribution in [3.8, 4) is 5.75 Å². The molecule has 1 aromatic heterocycles. The fourth-order valence-electron chi connectivity index (χ4n) is 1.97. The Labute approximate surface area is 134 Å². The van der Waals surface area contributed by atoms with Crippen LogP contribution >= 0.6 is 11.6 Å². The van der Waals surface area contributed by atoms with E-state index in [9.17, 15) is 8.42 Å². The zero-order valence-corrected chi connectivity index (χ0v) is 13.6. The molecule has 0 spiro atoms. The molecule has 3 rings (SSSR count). The second-order valence-corrected chi connectivity index (χ2v) is 7.38. The van der Waals surface area contributed by atoms with Gasteiger partial charge in [0.05, 0.1) is 12.8 Å². The molecule has 1 saturated carbocycles. The van der Waals surface area contributed by atoms with Gasteiger partial charge in [0.2, 0.25) is 0 Å². The normalized spacial score (nSPS) is 14.8. The number of ether oxygens (including phenoxy) is 1. The number of hydrogen-bond donors (Lipinski definition) is 1. The summed E-state index contributed by atoms with van der Waals surface area (Å²) in [6.45, 7) is 0.524. The third-order valence-electron chi connectivity index (χ3n) is 3.43. The Morgan fingerprint density at radius 2 is 2.18 bits per heavy atom. The van der Waals surface area contributed by atoms with Crippen LogP contribution in [0.3, 0.4) is 0 Å². The van der Waals surface area contributed by atoms with Gasteiger partial charge in [0.15, 0.2) is 0 Å². The molecule has 0 radical (unpaired) electrons. The van der Waals surface area contributed by atoms with Crippen molar-refractivity contribution in [3.05, 3.63) is 35.5 Å². The summed E-state index contributed by atoms with van der Waals surface area (Å²) in [6.07, 6.45) is 3.77. The van der Waals surface area contributed by atoms with Gasteiger partial charge >= 0.3 is 0 Å². The summed E-state index contributed by atoms with van der Waals surface area (Å²) in [6, 6.07) is 6.17. The summed E-state index contributed by atoms with van der Waals surface area (Å²) in [5.74, 6) is 1.20. The quantitative estimate of drug-likeness (QED) is 0.876. The number of aryl methyl sites for hydroxylation is 1. The van der Waals surface area contributed by atoms with Crippen LogP contribution in [-0.2, 0) is 17.1 Å². The van der Waals surface area contributed by atoms with E-state index in [0.29, 0.717) is 29.1 Å². The number of benzene rings is 1. The SMILES string of the molecule is Cn1nccc1NS(=O)(=O)c1cc(Cl)ccc1OCC1CC1. The molecule has 1 aliphatic rings. The van der Waals surface area contributed by atoms with Crippen LogP contribution in [-0.4, -0.2) is 24.8 Å². The van der Waals surface area contributed by atoms with E-state index in [1.165, 1.54) is 16.9 Å². The number of anilines is 1. The van der Waals surface area contributed by atoms with Gasteiger partial charge in [-0.05, 0) is 37.0 Å². The first kappa shape index (κ1) is 15.2. The van der Waals surface area contributed by atoms with Crippen molar-refractivity contribution in [1.82, 2.24) is 9.78 Å². The van der Waals surface area contributed by atoms with Crippen LogP contribution in [0.4, 0.5) is 5.82 Å². The second-order valence-electron chi connectivity index (χ2n) is 5.29. The molecule has 0 unspecified atom stereocenters. The fourth-order valence-corrected chi connectivity index (χ4v) is 3.47. The summed E-state index contributed by atoms with van der Waals surface area (Å²) < 4.78 is 34.8. The molecule has 1 N–H and O–H groups in total. The summed E-state index contributed by atoms with van der Waals surface area (Å²) >= 11 is 5.95. The molecule has 0 saturated heterocycles. The molecule has 2 aromatic rings. The van der Waals surface area contributed by atoms with Crippen molar-refractivity contribution in [1.29, 1.82) is 0 Å². The molecule has 0 amide bonds. The lowest BCUT2D eigenvalue weighted by molar-refractivity contribution is 0.292. The van der Waals surface area contributed by atoms with Gasteiger partial charge in [-0.25, -0.2) is 8.42 Å². The van der Waals surface area contributed by atoms with Gasteiger partial charge in [0, 0.05) is 18.1 Å². The smallest absolute Gasteiger partial charge is 0.266 e. The standard InChI is InChI=1S/C14H16ClN3O3S/c1-18-14(6-7-16-18)17-22(19,20)13-8-11(15)4-5-12(13)21-9-10-2-3-10/h4-8,10,17H,2-3,9H2,1H3. The van der Waals surface area contributed by atoms with Crippen LogP contribution in [0, 0.1) is 5.92 Å². The minimum atomic E-state index is -3.81. The average Bonchev–Trinajstić information content (AvgIpc) is 3.21. The number of hydrogen-bond acceptors (Lipinski definition) is 4. The van der Waals surface area contributed by atoms with Gasteiger partial charge in [-0.1, -0.05) is 11.6 Å². The number of rotatable bonds is 6. The lowest BCUT2D eigenvalue weighted by Crippen LogP contribution is -2.17. The second kappa shape index (κ2) is 5.81. The molecule has 118 valence electrons. The van der Waals surface area contributed by atoms with Crippen molar-refractivity contribution < 1.29 is 13.2 Å². The highest BCUT2D eigenvalue weighted by Crippen LogP contribution is 2.33. The van der Waals surface area contributed by atoms with Gasteiger partial charge < -0.3 is 4.74 Å². The van der Waals surface area contributed by atoms with E-state index < -0.39 is 10.0 Å². The van der Waals surface area contributed by atoms with Crippen molar-refractivity contribution in [2.45, 2.75) is 17.7 Å². The maximum atomic E-state index is 12.6. The molecular weight excluding hydrogens is 326 g/mol. The Kier molecular flexibility index (Phi) is 4.01. The third-order valence-corrected chi connectivity index (χ3v) is 5.04. The number of nitrogens with zero attached hydrogens (tertiary/aromatic N) is 2. The van der Waals surface area contributed by atoms with Crippen molar-refractivity contribution in [3.63, 3.8) is 0 Å². The Morgan fingerprint density at radius 1 is 1.41 bits per heavy atom. The van der Waals surface area contributed by atoms with Crippen LogP contribution in [0.15, 0.2) is 35.4 Å². The van der Waals surface area contributed by atoms with Gasteiger partial charge in [-0.3, -0.25) is 9.40 Å². The van der Waals surface area contributed by atoms with Crippen LogP contribution < -0.4 is 9.46 Å². The molecule has 6 nitrogen and oxygen atoms in total. The first-order valence-electron chi connectivity index (χ1n) is 6.89. The fraction of sp³-hybridized carbons (Fsp3) is 0.357. The van der Waals surface area contributed by atoms with E-state index in [1.54, 1.807) is 25.2 Å². The van der Waals surface area contributed by atoms with Gasteiger partial charge in [-0.15, -0.1) is 0 Å². The molecular formula is C14H16ClN3O3S. The van der Waals surface area contributed by atoms with E-state index >= 15 is 0 Å². The lowest BCUT2D eigenvalue weighted by atomic mass is 10.3. The van der Waals surface area contributed by atoms with E-state index in [1.807, 2.05) is 0 Å². The molecule has 0 atom stereocenters. The maximum Gasteiger partial charge on any atom is 0.266 e. The van der Waals surface area contributed by atoms with Crippen molar-refractivity contribution in [2.24, 2.45) is 13.0 Å². The van der Waals surface area contributed by atoms with Crippen molar-refractivity contribution >= 4 is 27.4 Å². The zero-order valence-electron chi connectivity index (χ0n) is 12.0. The molecule has 0 aliphatic heterocycles. The molecule has 1 heterocycles. The topological polar surface area (TPSA) is 73.2 Å². The van der Waals surface area contributed by atoms with Gasteiger partial charge in [0.25, 0.3) is 10.0 Å². The Bertz CT molecular complexity index is 784. The summed E-state index contributed by atoms with van der Waals surface area (Å²) in [5, 5.41) is 4.27. The van der Waals surface area contributed by atoms with Crippen molar-refractivity contribution in [2.75, 3.05) is 11.3 Å². The van der Waals surface area contributed by atoms with Gasteiger partial charge in [0.1, 0.15) is 16.5 Å². The monoisotopic (exact) mass is 341 g/mol. The highest BCUT2D eigenvalue weighted by Gasteiger charge is 2.25. The first-order valence-corrected chi connectivity index (χ1v) is 8.75. The highest BCUT2D eigenvalue weighted by molar-refractivity contribution is 7.92. The van der Waals surface area contributed by atoms with Crippen LogP contribution in [0.5, 0.6) is 5.75 Å². The summed E-state index contributed by atoms with van der Waals surface area (Å²) in [4.78, 5) is 0.0295. The number of sulfonamides is 1. The minimum absolute atomic E-state index is 0.0295. The summed E-state index contributed by atoms with van der Waals surface area (Å²) in [7, 11) is -2.15. The lowest BCUT2D eigenvalue weighted by Gasteiger charge is -2.13. The predicted molar refractivity (Wildman–Crippen MR) is 83.7 cm³/mol. The largest absolute Gasteiger partial charge is 0.492 e. The molecule has 1 aliphatic carbocycles. The Morgan fingerprint density at radius 3 is 2.82 bits per heavy atom. The molecule has 1 fully saturated rings. The first-order chi connectivity index (χ1) is 10.5. The molecule has 8 heteroatoms. The van der Waals surface area contributed by atoms with Crippen LogP contribution in [0.1, 0.15) is 12.8 Å². The number of nitrogens with one attached hydrogen (secondary N) is 1. The molecule has 0 bridgehead atoms. The van der Waals surface area contributed by atoms with Gasteiger partial charge in [-0.2, -0.15) is 5.10 Å². The predicted octanol–water partition coefficient (Wildman–Crippen LogP) is 2.66. The molecule has 1 aromatic carbocycles. The third kappa shape index (κ3) is 3.36. The van der Waals surface area contributed by atoms with Crippen LogP contribution in [0.2, 0.25) is 5.02 Å². The Balaban J connectivity index is 1.90. The Hall–Kier alpha value is -1.73. The van der Waals surface area contributed by atoms with E-state index in [-0.39, 0.29) is 4.90 Å². The van der Waals surface area contributed by atoms with E-state index in [4.69, 9.17) is 16.3 Å². The van der Waals surface area contributed by atoms with E-state index in [2.05, 4.69) is 9.82 Å². The zero-order chi connectivity index (χ0) is 15.7. The van der Waals surface area contributed by atoms with E-state index in [0.717, 1.165) is 12.8 Å². The molecule has 22 heavy (non-hydrogen) atoms. The summed E-state index contributed by atoms with van der Waals surface area (Å²) in [5.41, 5.74) is 0. The number of aromatic nitrogens is 2. The number of halogens is 1. The maximum absolute atomic E-state index is 12.6. The minimum Gasteiger partial charge on any atom is -0.492 e.